The molecule has 0 radical (unpaired) electrons. The molecule has 3 rings (SSSR count). The lowest BCUT2D eigenvalue weighted by molar-refractivity contribution is -0.148. The first-order valence-corrected chi connectivity index (χ1v) is 8.71. The number of hydrogen-bond donors (Lipinski definition) is 1. The highest BCUT2D eigenvalue weighted by molar-refractivity contribution is 5.94. The van der Waals surface area contributed by atoms with Gasteiger partial charge in [-0.25, -0.2) is 9.50 Å². The third-order valence-corrected chi connectivity index (χ3v) is 4.47. The summed E-state index contributed by atoms with van der Waals surface area (Å²) in [5, 5.41) is 16.5. The molecule has 1 N–H and O–H groups in total. The van der Waals surface area contributed by atoms with Crippen molar-refractivity contribution in [2.24, 2.45) is 5.92 Å². The Kier molecular flexibility index (Phi) is 5.10. The highest BCUT2D eigenvalue weighted by Crippen LogP contribution is 2.40. The average Bonchev–Trinajstić information content (AvgIpc) is 3.25. The summed E-state index contributed by atoms with van der Waals surface area (Å²) >= 11 is 0. The zero-order valence-corrected chi connectivity index (χ0v) is 15.4. The number of esters is 1. The van der Waals surface area contributed by atoms with E-state index in [1.54, 1.807) is 24.4 Å². The lowest BCUT2D eigenvalue weighted by atomic mass is 10.0. The minimum atomic E-state index is -1.16. The molecule has 1 fully saturated rings. The van der Waals surface area contributed by atoms with E-state index in [0.29, 0.717) is 24.2 Å². The second-order valence-electron chi connectivity index (χ2n) is 6.84. The van der Waals surface area contributed by atoms with Gasteiger partial charge in [-0.2, -0.15) is 10.4 Å². The van der Waals surface area contributed by atoms with E-state index < -0.39 is 11.6 Å². The molecule has 1 aliphatic rings. The van der Waals surface area contributed by atoms with Crippen LogP contribution in [-0.2, 0) is 19.1 Å². The fraction of sp³-hybridized carbons (Fsp3) is 0.500. The Morgan fingerprint density at radius 2 is 2.30 bits per heavy atom. The molecule has 9 heteroatoms. The highest BCUT2D eigenvalue weighted by Gasteiger charge is 2.43. The summed E-state index contributed by atoms with van der Waals surface area (Å²) in [6, 6.07) is 5.76. The number of aromatic nitrogens is 3. The van der Waals surface area contributed by atoms with Gasteiger partial charge < -0.3 is 14.8 Å². The smallest absolute Gasteiger partial charge is 0.302 e. The van der Waals surface area contributed by atoms with E-state index in [9.17, 15) is 14.9 Å². The quantitative estimate of drug-likeness (QED) is 0.798. The molecule has 0 saturated carbocycles. The number of fused-ring (bicyclic) bond motifs is 1. The van der Waals surface area contributed by atoms with E-state index in [-0.39, 0.29) is 24.5 Å². The topological polar surface area (TPSA) is 119 Å². The van der Waals surface area contributed by atoms with Gasteiger partial charge in [-0.15, -0.1) is 0 Å². The van der Waals surface area contributed by atoms with Gasteiger partial charge in [-0.05, 0) is 25.0 Å². The molecule has 142 valence electrons. The maximum Gasteiger partial charge on any atom is 0.302 e. The van der Waals surface area contributed by atoms with Crippen molar-refractivity contribution >= 4 is 23.2 Å². The molecule has 2 aromatic rings. The van der Waals surface area contributed by atoms with E-state index in [1.165, 1.54) is 13.3 Å². The summed E-state index contributed by atoms with van der Waals surface area (Å²) in [6.45, 7) is 4.79. The van der Waals surface area contributed by atoms with Crippen LogP contribution >= 0.6 is 0 Å². The number of amides is 1. The molecule has 3 heterocycles. The molecule has 9 nitrogen and oxygen atoms in total. The van der Waals surface area contributed by atoms with Crippen LogP contribution in [0.25, 0.3) is 5.52 Å². The second-order valence-corrected chi connectivity index (χ2v) is 6.84. The molecule has 1 aliphatic heterocycles. The number of anilines is 1. The van der Waals surface area contributed by atoms with E-state index in [1.807, 2.05) is 6.07 Å². The second kappa shape index (κ2) is 7.32. The molecule has 0 spiro atoms. The monoisotopic (exact) mass is 371 g/mol. The summed E-state index contributed by atoms with van der Waals surface area (Å²) in [6.07, 6.45) is 2.00. The van der Waals surface area contributed by atoms with Gasteiger partial charge in [-0.3, -0.25) is 9.59 Å². The summed E-state index contributed by atoms with van der Waals surface area (Å²) in [5.74, 6) is -0.354. The van der Waals surface area contributed by atoms with Crippen LogP contribution in [0.5, 0.6) is 0 Å². The van der Waals surface area contributed by atoms with Crippen molar-refractivity contribution in [2.45, 2.75) is 45.3 Å². The Labute approximate surface area is 156 Å². The Balaban J connectivity index is 1.85. The van der Waals surface area contributed by atoms with Crippen LogP contribution in [0.1, 0.15) is 45.4 Å². The predicted molar refractivity (Wildman–Crippen MR) is 94.5 cm³/mol. The Bertz CT molecular complexity index is 916. The number of carbonyl (C=O) groups is 2. The van der Waals surface area contributed by atoms with Gasteiger partial charge in [0.05, 0.1) is 5.69 Å². The largest absolute Gasteiger partial charge is 0.462 e. The lowest BCUT2D eigenvalue weighted by Crippen LogP contribution is -2.33. The first-order chi connectivity index (χ1) is 12.8. The summed E-state index contributed by atoms with van der Waals surface area (Å²) in [5.41, 5.74) is 0.217. The molecule has 1 amide bonds. The first kappa shape index (κ1) is 18.8. The zero-order chi connectivity index (χ0) is 19.6. The number of hydrogen-bond acceptors (Lipinski definition) is 7. The summed E-state index contributed by atoms with van der Waals surface area (Å²) in [4.78, 5) is 27.2. The number of nitrogens with one attached hydrogen (secondary N) is 1. The molecule has 2 aromatic heterocycles. The van der Waals surface area contributed by atoms with Crippen molar-refractivity contribution < 1.29 is 19.1 Å². The third kappa shape index (κ3) is 3.75. The van der Waals surface area contributed by atoms with Gasteiger partial charge in [0.25, 0.3) is 0 Å². The molecular formula is C18H21N5O4. The first-order valence-electron chi connectivity index (χ1n) is 8.71. The van der Waals surface area contributed by atoms with Gasteiger partial charge in [0.15, 0.2) is 11.4 Å². The van der Waals surface area contributed by atoms with E-state index in [2.05, 4.69) is 21.5 Å². The maximum atomic E-state index is 12.0. The minimum Gasteiger partial charge on any atom is -0.462 e. The fourth-order valence-corrected chi connectivity index (χ4v) is 2.96. The molecule has 0 bridgehead atoms. The van der Waals surface area contributed by atoms with Crippen molar-refractivity contribution in [3.63, 3.8) is 0 Å². The number of ether oxygens (including phenoxy) is 2. The fourth-order valence-electron chi connectivity index (χ4n) is 2.96. The van der Waals surface area contributed by atoms with Crippen molar-refractivity contribution in [3.05, 3.63) is 24.2 Å². The SMILES string of the molecule is CC(=O)OCC1(C#N)CCC(c2ccc3c(NC(=O)C(C)C)ncnn23)O1. The molecule has 27 heavy (non-hydrogen) atoms. The minimum absolute atomic E-state index is 0.108. The normalized spacial score (nSPS) is 22.0. The van der Waals surface area contributed by atoms with E-state index in [4.69, 9.17) is 9.47 Å². The molecule has 0 aliphatic carbocycles. The lowest BCUT2D eigenvalue weighted by Gasteiger charge is -2.21. The van der Waals surface area contributed by atoms with Crippen LogP contribution < -0.4 is 5.32 Å². The standard InChI is InChI=1S/C18H21N5O4/c1-11(2)17(25)22-16-14-5-4-13(23(14)21-10-20-16)15-6-7-18(8-19,27-15)9-26-12(3)24/h4-5,10-11,15H,6-7,9H2,1-3H3,(H,20,21,22,25). The van der Waals surface area contributed by atoms with Gasteiger partial charge in [-0.1, -0.05) is 13.8 Å². The van der Waals surface area contributed by atoms with E-state index >= 15 is 0 Å². The highest BCUT2D eigenvalue weighted by atomic mass is 16.6. The Morgan fingerprint density at radius 1 is 1.52 bits per heavy atom. The predicted octanol–water partition coefficient (Wildman–Crippen LogP) is 2.00. The van der Waals surface area contributed by atoms with Gasteiger partial charge in [0.2, 0.25) is 5.91 Å². The van der Waals surface area contributed by atoms with Crippen LogP contribution in [0.2, 0.25) is 0 Å². The van der Waals surface area contributed by atoms with Gasteiger partial charge in [0.1, 0.15) is 30.6 Å². The number of nitriles is 1. The molecule has 2 atom stereocenters. The van der Waals surface area contributed by atoms with Gasteiger partial charge >= 0.3 is 5.97 Å². The Hall–Kier alpha value is -2.99. The zero-order valence-electron chi connectivity index (χ0n) is 15.4. The van der Waals surface area contributed by atoms with Gasteiger partial charge in [0, 0.05) is 12.8 Å². The van der Waals surface area contributed by atoms with Crippen LogP contribution in [0.15, 0.2) is 18.5 Å². The summed E-state index contributed by atoms with van der Waals surface area (Å²) < 4.78 is 12.6. The van der Waals surface area contributed by atoms with Crippen LogP contribution in [0.3, 0.4) is 0 Å². The number of carbonyl (C=O) groups excluding carboxylic acids is 2. The van der Waals surface area contributed by atoms with Crippen molar-refractivity contribution in [3.8, 4) is 6.07 Å². The molecule has 0 aromatic carbocycles. The Morgan fingerprint density at radius 3 is 2.96 bits per heavy atom. The van der Waals surface area contributed by atoms with Crippen molar-refractivity contribution in [1.82, 2.24) is 14.6 Å². The van der Waals surface area contributed by atoms with Crippen LogP contribution in [0.4, 0.5) is 5.82 Å². The van der Waals surface area contributed by atoms with E-state index in [0.717, 1.165) is 5.69 Å². The molecule has 1 saturated heterocycles. The molecule has 2 unspecified atom stereocenters. The van der Waals surface area contributed by atoms with Crippen molar-refractivity contribution in [1.29, 1.82) is 5.26 Å². The van der Waals surface area contributed by atoms with Crippen LogP contribution in [0, 0.1) is 17.2 Å². The molecular weight excluding hydrogens is 350 g/mol. The maximum absolute atomic E-state index is 12.0. The summed E-state index contributed by atoms with van der Waals surface area (Å²) in [7, 11) is 0. The number of rotatable bonds is 5. The number of nitrogens with zero attached hydrogens (tertiary/aromatic N) is 4. The van der Waals surface area contributed by atoms with Crippen LogP contribution in [-0.4, -0.2) is 38.7 Å². The van der Waals surface area contributed by atoms with Crippen molar-refractivity contribution in [2.75, 3.05) is 11.9 Å². The average molecular weight is 371 g/mol. The third-order valence-electron chi connectivity index (χ3n) is 4.47.